The number of hydrogen-bond acceptors (Lipinski definition) is 7. The number of anilines is 1. The first kappa shape index (κ1) is 19.7. The number of hydrogen-bond donors (Lipinski definition) is 0. The Bertz CT molecular complexity index is 827. The number of nitrogens with zero attached hydrogens (tertiary/aromatic N) is 2. The molecule has 0 bridgehead atoms. The van der Waals surface area contributed by atoms with Gasteiger partial charge in [0.25, 0.3) is 11.1 Å². The summed E-state index contributed by atoms with van der Waals surface area (Å²) in [5.41, 5.74) is 0.562. The summed E-state index contributed by atoms with van der Waals surface area (Å²) in [5.74, 6) is -0.600. The van der Waals surface area contributed by atoms with Crippen LogP contribution in [0.1, 0.15) is 6.42 Å². The standard InChI is InChI=1S/C17H20N2O6S2/c20-15(11-25-16(21)10-18-7-8-26-17(18)22)19(13-4-2-1-3-5-13)14-6-9-27(23,24)12-14/h1-5,14H,6-12H2/t14-/m1/s1. The van der Waals surface area contributed by atoms with Crippen molar-refractivity contribution in [1.29, 1.82) is 0 Å². The highest BCUT2D eigenvalue weighted by atomic mass is 32.2. The van der Waals surface area contributed by atoms with E-state index in [-0.39, 0.29) is 23.3 Å². The van der Waals surface area contributed by atoms with Crippen molar-refractivity contribution >= 4 is 44.4 Å². The molecule has 0 aliphatic carbocycles. The van der Waals surface area contributed by atoms with Crippen molar-refractivity contribution in [3.05, 3.63) is 30.3 Å². The normalized spacial score (nSPS) is 21.3. The molecule has 2 aliphatic heterocycles. The van der Waals surface area contributed by atoms with Crippen LogP contribution in [0.25, 0.3) is 0 Å². The highest BCUT2D eigenvalue weighted by molar-refractivity contribution is 8.13. The number of benzene rings is 1. The molecule has 10 heteroatoms. The van der Waals surface area contributed by atoms with Crippen LogP contribution in [0.4, 0.5) is 10.5 Å². The SMILES string of the molecule is O=C(CN1CCSC1=O)OCC(=O)N(c1ccccc1)[C@@H]1CCS(=O)(=O)C1. The molecule has 0 saturated carbocycles. The minimum atomic E-state index is -3.18. The molecule has 0 aromatic heterocycles. The van der Waals surface area contributed by atoms with Crippen molar-refractivity contribution in [1.82, 2.24) is 4.90 Å². The molecule has 2 fully saturated rings. The van der Waals surface area contributed by atoms with Crippen LogP contribution in [-0.2, 0) is 24.2 Å². The number of esters is 1. The van der Waals surface area contributed by atoms with Gasteiger partial charge in [-0.15, -0.1) is 0 Å². The Hall–Kier alpha value is -2.07. The van der Waals surface area contributed by atoms with Gasteiger partial charge in [-0.05, 0) is 18.6 Å². The number of para-hydroxylation sites is 1. The topological polar surface area (TPSA) is 101 Å². The molecule has 146 valence electrons. The first-order valence-corrected chi connectivity index (χ1v) is 11.3. The summed E-state index contributed by atoms with van der Waals surface area (Å²) in [6, 6.07) is 8.24. The number of thioether (sulfide) groups is 1. The molecule has 0 N–H and O–H groups in total. The lowest BCUT2D eigenvalue weighted by Crippen LogP contribution is -2.44. The van der Waals surface area contributed by atoms with Crippen LogP contribution < -0.4 is 4.90 Å². The lowest BCUT2D eigenvalue weighted by molar-refractivity contribution is -0.148. The average molecular weight is 412 g/mol. The summed E-state index contributed by atoms with van der Waals surface area (Å²) in [4.78, 5) is 39.0. The number of ether oxygens (including phenoxy) is 1. The summed E-state index contributed by atoms with van der Waals surface area (Å²) >= 11 is 1.14. The highest BCUT2D eigenvalue weighted by Crippen LogP contribution is 2.24. The maximum atomic E-state index is 12.7. The number of sulfone groups is 1. The zero-order chi connectivity index (χ0) is 19.4. The van der Waals surface area contributed by atoms with Gasteiger partial charge in [-0.3, -0.25) is 14.4 Å². The number of rotatable bonds is 6. The maximum absolute atomic E-state index is 12.7. The Balaban J connectivity index is 1.64. The minimum absolute atomic E-state index is 0.0306. The van der Waals surface area contributed by atoms with Gasteiger partial charge in [0.05, 0.1) is 17.5 Å². The van der Waals surface area contributed by atoms with Crippen molar-refractivity contribution in [3.63, 3.8) is 0 Å². The summed E-state index contributed by atoms with van der Waals surface area (Å²) in [5, 5.41) is -0.180. The van der Waals surface area contributed by atoms with E-state index in [9.17, 15) is 22.8 Å². The predicted octanol–water partition coefficient (Wildman–Crippen LogP) is 0.919. The third-order valence-electron chi connectivity index (χ3n) is 4.40. The second-order valence-electron chi connectivity index (χ2n) is 6.35. The summed E-state index contributed by atoms with van der Waals surface area (Å²) in [6.45, 7) is -0.218. The molecule has 2 aliphatic rings. The van der Waals surface area contributed by atoms with Gasteiger partial charge in [-0.2, -0.15) is 0 Å². The monoisotopic (exact) mass is 412 g/mol. The third kappa shape index (κ3) is 5.01. The zero-order valence-corrected chi connectivity index (χ0v) is 16.2. The summed E-state index contributed by atoms with van der Waals surface area (Å²) in [7, 11) is -3.18. The molecule has 0 unspecified atom stereocenters. The number of carbonyl (C=O) groups is 3. The average Bonchev–Trinajstić information content (AvgIpc) is 3.19. The van der Waals surface area contributed by atoms with Gasteiger partial charge in [0.2, 0.25) is 0 Å². The van der Waals surface area contributed by atoms with Crippen LogP contribution in [-0.4, -0.2) is 73.4 Å². The Kier molecular flexibility index (Phi) is 6.05. The molecule has 27 heavy (non-hydrogen) atoms. The zero-order valence-electron chi connectivity index (χ0n) is 14.6. The number of amides is 2. The first-order valence-electron chi connectivity index (χ1n) is 8.50. The molecule has 1 aromatic rings. The molecular formula is C17H20N2O6S2. The fourth-order valence-electron chi connectivity index (χ4n) is 3.11. The Morgan fingerprint density at radius 2 is 2.00 bits per heavy atom. The predicted molar refractivity (Wildman–Crippen MR) is 101 cm³/mol. The lowest BCUT2D eigenvalue weighted by atomic mass is 10.2. The van der Waals surface area contributed by atoms with Crippen LogP contribution in [0.15, 0.2) is 30.3 Å². The Morgan fingerprint density at radius 3 is 2.59 bits per heavy atom. The van der Waals surface area contributed by atoms with Crippen LogP contribution in [0.2, 0.25) is 0 Å². The fourth-order valence-corrected chi connectivity index (χ4v) is 5.63. The van der Waals surface area contributed by atoms with E-state index in [1.807, 2.05) is 0 Å². The van der Waals surface area contributed by atoms with E-state index < -0.39 is 34.4 Å². The molecule has 2 amide bonds. The molecule has 0 radical (unpaired) electrons. The molecule has 0 spiro atoms. The van der Waals surface area contributed by atoms with Crippen molar-refractivity contribution in [2.45, 2.75) is 12.5 Å². The van der Waals surface area contributed by atoms with Gasteiger partial charge in [-0.25, -0.2) is 8.42 Å². The van der Waals surface area contributed by atoms with Gasteiger partial charge in [0.1, 0.15) is 6.54 Å². The van der Waals surface area contributed by atoms with Gasteiger partial charge >= 0.3 is 5.97 Å². The molecule has 1 atom stereocenters. The van der Waals surface area contributed by atoms with E-state index >= 15 is 0 Å². The summed E-state index contributed by atoms with van der Waals surface area (Å²) in [6.07, 6.45) is 0.344. The van der Waals surface area contributed by atoms with Crippen molar-refractivity contribution < 1.29 is 27.5 Å². The van der Waals surface area contributed by atoms with Gasteiger partial charge in [-0.1, -0.05) is 30.0 Å². The summed E-state index contributed by atoms with van der Waals surface area (Å²) < 4.78 is 28.7. The van der Waals surface area contributed by atoms with Crippen LogP contribution in [0.3, 0.4) is 0 Å². The van der Waals surface area contributed by atoms with Gasteiger partial charge in [0, 0.05) is 18.0 Å². The van der Waals surface area contributed by atoms with Crippen LogP contribution >= 0.6 is 11.8 Å². The quantitative estimate of drug-likeness (QED) is 0.640. The van der Waals surface area contributed by atoms with Crippen LogP contribution in [0.5, 0.6) is 0 Å². The maximum Gasteiger partial charge on any atom is 0.326 e. The van der Waals surface area contributed by atoms with E-state index in [1.165, 1.54) is 9.80 Å². The molecule has 2 heterocycles. The van der Waals surface area contributed by atoms with E-state index in [0.717, 1.165) is 11.8 Å². The molecule has 1 aromatic carbocycles. The van der Waals surface area contributed by atoms with Crippen LogP contribution in [0, 0.1) is 0 Å². The fraction of sp³-hybridized carbons (Fsp3) is 0.471. The van der Waals surface area contributed by atoms with Crippen molar-refractivity contribution in [2.24, 2.45) is 0 Å². The first-order chi connectivity index (χ1) is 12.9. The molecule has 8 nitrogen and oxygen atoms in total. The minimum Gasteiger partial charge on any atom is -0.454 e. The number of carbonyl (C=O) groups excluding carboxylic acids is 3. The highest BCUT2D eigenvalue weighted by Gasteiger charge is 2.36. The van der Waals surface area contributed by atoms with E-state index in [1.54, 1.807) is 30.3 Å². The largest absolute Gasteiger partial charge is 0.454 e. The van der Waals surface area contributed by atoms with E-state index in [2.05, 4.69) is 0 Å². The van der Waals surface area contributed by atoms with E-state index in [4.69, 9.17) is 4.74 Å². The smallest absolute Gasteiger partial charge is 0.326 e. The van der Waals surface area contributed by atoms with Crippen molar-refractivity contribution in [2.75, 3.05) is 41.9 Å². The lowest BCUT2D eigenvalue weighted by Gasteiger charge is -2.28. The molecule has 3 rings (SSSR count). The van der Waals surface area contributed by atoms with Gasteiger partial charge in [0.15, 0.2) is 16.4 Å². The second kappa shape index (κ2) is 8.30. The Labute approximate surface area is 161 Å². The Morgan fingerprint density at radius 1 is 1.26 bits per heavy atom. The third-order valence-corrected chi connectivity index (χ3v) is 7.04. The molecular weight excluding hydrogens is 392 g/mol. The van der Waals surface area contributed by atoms with Crippen molar-refractivity contribution in [3.8, 4) is 0 Å². The molecule has 2 saturated heterocycles. The second-order valence-corrected chi connectivity index (χ2v) is 9.63. The van der Waals surface area contributed by atoms with Gasteiger partial charge < -0.3 is 14.5 Å². The van der Waals surface area contributed by atoms with E-state index in [0.29, 0.717) is 24.4 Å².